The molecular weight excluding hydrogens is 168 g/mol. The van der Waals surface area contributed by atoms with E-state index in [1.54, 1.807) is 0 Å². The van der Waals surface area contributed by atoms with Crippen molar-refractivity contribution in [3.8, 4) is 0 Å². The van der Waals surface area contributed by atoms with E-state index in [2.05, 4.69) is 0 Å². The molecule has 1 radical (unpaired) electrons. The van der Waals surface area contributed by atoms with Gasteiger partial charge < -0.3 is 13.2 Å². The Hall–Kier alpha value is 0.599. The van der Waals surface area contributed by atoms with Crippen LogP contribution in [0, 0.1) is 6.68 Å². The molecule has 0 aliphatic rings. The van der Waals surface area contributed by atoms with Crippen LogP contribution in [-0.4, -0.2) is 0 Å². The first-order chi connectivity index (χ1) is 1.73. The minimum absolute atomic E-state index is 0. The van der Waals surface area contributed by atoms with E-state index in [0.29, 0.717) is 0 Å². The molecule has 0 aromatic carbocycles. The Balaban J connectivity index is -0.0000000450. The summed E-state index contributed by atoms with van der Waals surface area (Å²) in [6.07, 6.45) is 0. The van der Waals surface area contributed by atoms with Gasteiger partial charge in [-0.1, -0.05) is 0 Å². The zero-order valence-corrected chi connectivity index (χ0v) is 4.10. The molecule has 0 N–H and O–H groups in total. The van der Waals surface area contributed by atoms with Crippen molar-refractivity contribution in [3.05, 3.63) is 6.68 Å². The SMILES string of the molecule is Cl.F[C-](F)F.[Cu+2]. The Kier molecular flexibility index (Phi) is 24.3. The standard InChI is InChI=1S/CF3.ClH.Cu/c2-1(3)4;;/h;1H;/q-1;;+2. The minimum Gasteiger partial charge on any atom is -0.385 e. The Morgan fingerprint density at radius 3 is 1.00 bits per heavy atom. The molecule has 0 saturated carbocycles. The fourth-order valence-electron chi connectivity index (χ4n) is 0. The van der Waals surface area contributed by atoms with Gasteiger partial charge in [0.1, 0.15) is 0 Å². The van der Waals surface area contributed by atoms with Crippen LogP contribution in [0.2, 0.25) is 0 Å². The zero-order valence-electron chi connectivity index (χ0n) is 2.34. The number of halogens is 4. The summed E-state index contributed by atoms with van der Waals surface area (Å²) < 4.78 is 28.8. The van der Waals surface area contributed by atoms with Gasteiger partial charge in [0, 0.05) is 0 Å². The van der Waals surface area contributed by atoms with Gasteiger partial charge in [-0.15, -0.1) is 12.4 Å². The zero-order chi connectivity index (χ0) is 3.58. The third-order valence-corrected chi connectivity index (χ3v) is 0. The molecular formula is CHClCuF3+. The van der Waals surface area contributed by atoms with Gasteiger partial charge in [-0.3, -0.25) is 0 Å². The van der Waals surface area contributed by atoms with E-state index in [1.807, 2.05) is 0 Å². The van der Waals surface area contributed by atoms with E-state index in [9.17, 15) is 13.2 Å². The molecule has 0 amide bonds. The Bertz CT molecular complexity index is 15.5. The minimum atomic E-state index is -3.08. The van der Waals surface area contributed by atoms with Crippen molar-refractivity contribution >= 4 is 12.4 Å². The van der Waals surface area contributed by atoms with Crippen LogP contribution in [0.25, 0.3) is 0 Å². The Morgan fingerprint density at radius 2 is 1.00 bits per heavy atom. The van der Waals surface area contributed by atoms with Crippen molar-refractivity contribution in [2.45, 2.75) is 0 Å². The molecule has 0 aliphatic carbocycles. The predicted octanol–water partition coefficient (Wildman–Crippen LogP) is 1.76. The Labute approximate surface area is 50.0 Å². The fourth-order valence-corrected chi connectivity index (χ4v) is 0. The van der Waals surface area contributed by atoms with Gasteiger partial charge in [0.25, 0.3) is 0 Å². The monoisotopic (exact) mass is 168 g/mol. The summed E-state index contributed by atoms with van der Waals surface area (Å²) in [6.45, 7) is -3.08. The molecule has 0 spiro atoms. The number of hydrogen-bond donors (Lipinski definition) is 0. The molecule has 0 nitrogen and oxygen atoms in total. The first-order valence-electron chi connectivity index (χ1n) is 0.567. The van der Waals surface area contributed by atoms with Crippen LogP contribution >= 0.6 is 12.4 Å². The van der Waals surface area contributed by atoms with E-state index < -0.39 is 6.68 Å². The maximum Gasteiger partial charge on any atom is 2.00 e. The fraction of sp³-hybridized carbons (Fsp3) is 0. The van der Waals surface area contributed by atoms with Crippen molar-refractivity contribution in [3.63, 3.8) is 0 Å². The van der Waals surface area contributed by atoms with Crippen molar-refractivity contribution in [1.82, 2.24) is 0 Å². The van der Waals surface area contributed by atoms with E-state index in [1.165, 1.54) is 0 Å². The normalized spacial score (nSPS) is 6.00. The summed E-state index contributed by atoms with van der Waals surface area (Å²) in [5.74, 6) is 0. The summed E-state index contributed by atoms with van der Waals surface area (Å²) in [5.41, 5.74) is 0. The average Bonchev–Trinajstić information content (AvgIpc) is 0.811. The molecule has 0 bridgehead atoms. The van der Waals surface area contributed by atoms with Crippen LogP contribution in [0.1, 0.15) is 0 Å². The molecule has 0 atom stereocenters. The van der Waals surface area contributed by atoms with Gasteiger partial charge in [-0.2, -0.15) is 0 Å². The van der Waals surface area contributed by atoms with Crippen LogP contribution in [0.5, 0.6) is 0 Å². The summed E-state index contributed by atoms with van der Waals surface area (Å²) in [6, 6.07) is 0. The van der Waals surface area contributed by atoms with Crippen LogP contribution in [0.15, 0.2) is 0 Å². The third kappa shape index (κ3) is 166. The summed E-state index contributed by atoms with van der Waals surface area (Å²) in [5, 5.41) is 0. The van der Waals surface area contributed by atoms with Crippen molar-refractivity contribution < 1.29 is 30.2 Å². The summed E-state index contributed by atoms with van der Waals surface area (Å²) >= 11 is 0. The number of rotatable bonds is 0. The van der Waals surface area contributed by atoms with Crippen molar-refractivity contribution in [2.75, 3.05) is 0 Å². The van der Waals surface area contributed by atoms with E-state index in [-0.39, 0.29) is 29.5 Å². The average molecular weight is 169 g/mol. The predicted molar refractivity (Wildman–Crippen MR) is 13.8 cm³/mol. The first-order valence-corrected chi connectivity index (χ1v) is 0.567. The second-order valence-electron chi connectivity index (χ2n) is 0.214. The smallest absolute Gasteiger partial charge is 0.385 e. The van der Waals surface area contributed by atoms with Crippen LogP contribution < -0.4 is 0 Å². The molecule has 0 aliphatic heterocycles. The third-order valence-electron chi connectivity index (χ3n) is 0. The van der Waals surface area contributed by atoms with Crippen LogP contribution in [-0.2, 0) is 17.1 Å². The van der Waals surface area contributed by atoms with Crippen LogP contribution in [0.3, 0.4) is 0 Å². The van der Waals surface area contributed by atoms with Gasteiger partial charge in [0.15, 0.2) is 6.68 Å². The van der Waals surface area contributed by atoms with Crippen molar-refractivity contribution in [2.24, 2.45) is 0 Å². The second kappa shape index (κ2) is 9.14. The van der Waals surface area contributed by atoms with Crippen molar-refractivity contribution in [1.29, 1.82) is 0 Å². The molecule has 0 aromatic rings. The quantitative estimate of drug-likeness (QED) is 0.382. The molecule has 0 heterocycles. The maximum atomic E-state index is 9.58. The Morgan fingerprint density at radius 1 is 1.00 bits per heavy atom. The van der Waals surface area contributed by atoms with Gasteiger partial charge in [-0.25, -0.2) is 0 Å². The van der Waals surface area contributed by atoms with Gasteiger partial charge in [0.05, 0.1) is 0 Å². The van der Waals surface area contributed by atoms with Gasteiger partial charge >= 0.3 is 17.1 Å². The summed E-state index contributed by atoms with van der Waals surface area (Å²) in [7, 11) is 0. The van der Waals surface area contributed by atoms with E-state index in [4.69, 9.17) is 0 Å². The molecule has 6 heavy (non-hydrogen) atoms. The number of hydrogen-bond acceptors (Lipinski definition) is 0. The van der Waals surface area contributed by atoms with Crippen LogP contribution in [0.4, 0.5) is 13.2 Å². The first kappa shape index (κ1) is 16.0. The second-order valence-corrected chi connectivity index (χ2v) is 0.214. The molecule has 0 unspecified atom stereocenters. The van der Waals surface area contributed by atoms with E-state index in [0.717, 1.165) is 0 Å². The van der Waals surface area contributed by atoms with Gasteiger partial charge in [0.2, 0.25) is 0 Å². The maximum absolute atomic E-state index is 9.58. The topological polar surface area (TPSA) is 0 Å². The molecule has 0 saturated heterocycles. The molecule has 0 rings (SSSR count). The largest absolute Gasteiger partial charge is 2.00 e. The van der Waals surface area contributed by atoms with Gasteiger partial charge in [-0.05, 0) is 0 Å². The molecule has 0 aromatic heterocycles. The molecule has 5 heteroatoms. The summed E-state index contributed by atoms with van der Waals surface area (Å²) in [4.78, 5) is 0. The van der Waals surface area contributed by atoms with E-state index >= 15 is 0 Å². The molecule has 0 fully saturated rings. The molecule has 43 valence electrons.